The topological polar surface area (TPSA) is 125 Å². The van der Waals surface area contributed by atoms with E-state index in [0.717, 1.165) is 0 Å². The number of carbonyl (C=O) groups excluding carboxylic acids is 2. The molecule has 0 saturated carbocycles. The number of nitrogens with zero attached hydrogens (tertiary/aromatic N) is 2. The van der Waals surface area contributed by atoms with Crippen LogP contribution in [-0.2, 0) is 0 Å². The van der Waals surface area contributed by atoms with Crippen LogP contribution in [0.2, 0.25) is 0 Å². The highest BCUT2D eigenvalue weighted by Crippen LogP contribution is 2.26. The summed E-state index contributed by atoms with van der Waals surface area (Å²) in [5, 5.41) is 20.0. The number of hydrazine groups is 1. The summed E-state index contributed by atoms with van der Waals surface area (Å²) in [4.78, 5) is 34.9. The molecule has 0 bridgehead atoms. The van der Waals surface area contributed by atoms with E-state index in [9.17, 15) is 25.0 Å². The normalized spacial score (nSPS) is 9.90. The van der Waals surface area contributed by atoms with Crippen molar-refractivity contribution in [2.45, 2.75) is 0 Å². The van der Waals surface area contributed by atoms with Gasteiger partial charge in [-0.05, 0) is 29.8 Å². The molecule has 142 valence electrons. The van der Waals surface area contributed by atoms with Gasteiger partial charge in [0.05, 0.1) is 16.6 Å². The molecule has 3 aromatic carbocycles. The van der Waals surface area contributed by atoms with Crippen molar-refractivity contribution in [2.75, 3.05) is 0 Å². The average molecular weight is 386 g/mol. The zero-order valence-electron chi connectivity index (χ0n) is 15.0. The molecule has 0 aliphatic heterocycles. The van der Waals surface area contributed by atoms with Gasteiger partial charge in [-0.2, -0.15) is 5.26 Å². The zero-order chi connectivity index (χ0) is 20.8. The Hall–Kier alpha value is -4.51. The van der Waals surface area contributed by atoms with Crippen LogP contribution in [0.5, 0.6) is 0 Å². The lowest BCUT2D eigenvalue weighted by Gasteiger charge is -2.12. The van der Waals surface area contributed by atoms with Gasteiger partial charge in [0.25, 0.3) is 17.5 Å². The highest BCUT2D eigenvalue weighted by atomic mass is 16.6. The Labute approximate surface area is 165 Å². The summed E-state index contributed by atoms with van der Waals surface area (Å²) in [6.45, 7) is 0. The molecule has 0 aliphatic carbocycles. The Morgan fingerprint density at radius 1 is 0.828 bits per heavy atom. The van der Waals surface area contributed by atoms with E-state index >= 15 is 0 Å². The fraction of sp³-hybridized carbons (Fsp3) is 0. The van der Waals surface area contributed by atoms with Gasteiger partial charge in [-0.3, -0.25) is 30.6 Å². The molecule has 0 atom stereocenters. The number of nitrogens with one attached hydrogen (secondary N) is 2. The van der Waals surface area contributed by atoms with Crippen molar-refractivity contribution in [3.63, 3.8) is 0 Å². The number of non-ortho nitro benzene ring substituents is 1. The van der Waals surface area contributed by atoms with E-state index < -0.39 is 16.7 Å². The molecule has 0 aromatic heterocycles. The molecule has 0 aliphatic rings. The first kappa shape index (κ1) is 19.3. The molecule has 8 nitrogen and oxygen atoms in total. The maximum Gasteiger partial charge on any atom is 0.270 e. The fourth-order valence-corrected chi connectivity index (χ4v) is 2.72. The summed E-state index contributed by atoms with van der Waals surface area (Å²) in [5.74, 6) is -1.19. The predicted molar refractivity (Wildman–Crippen MR) is 105 cm³/mol. The van der Waals surface area contributed by atoms with Crippen molar-refractivity contribution < 1.29 is 14.5 Å². The molecular formula is C21H14N4O4. The van der Waals surface area contributed by atoms with Crippen molar-refractivity contribution >= 4 is 17.5 Å². The van der Waals surface area contributed by atoms with Gasteiger partial charge in [0.1, 0.15) is 0 Å². The largest absolute Gasteiger partial charge is 0.270 e. The summed E-state index contributed by atoms with van der Waals surface area (Å²) < 4.78 is 0. The lowest BCUT2D eigenvalue weighted by atomic mass is 9.95. The van der Waals surface area contributed by atoms with Crippen LogP contribution in [0.15, 0.2) is 72.8 Å². The number of carbonyl (C=O) groups is 2. The number of benzene rings is 3. The third-order valence-corrected chi connectivity index (χ3v) is 4.14. The molecule has 8 heteroatoms. The fourth-order valence-electron chi connectivity index (χ4n) is 2.72. The lowest BCUT2D eigenvalue weighted by molar-refractivity contribution is -0.384. The van der Waals surface area contributed by atoms with Gasteiger partial charge >= 0.3 is 0 Å². The lowest BCUT2D eigenvalue weighted by Crippen LogP contribution is -2.41. The van der Waals surface area contributed by atoms with Crippen LogP contribution >= 0.6 is 0 Å². The van der Waals surface area contributed by atoms with Gasteiger partial charge < -0.3 is 0 Å². The molecule has 3 aromatic rings. The standard InChI is InChI=1S/C21H14N4O4/c22-13-15-5-1-2-6-17(15)18-7-3-4-8-19(18)21(27)24-23-20(26)14-9-11-16(12-10-14)25(28)29/h1-12H,(H,23,26)(H,24,27). The third kappa shape index (κ3) is 4.26. The minimum absolute atomic E-state index is 0.143. The van der Waals surface area contributed by atoms with Crippen LogP contribution in [0, 0.1) is 21.4 Å². The molecule has 0 heterocycles. The molecule has 0 unspecified atom stereocenters. The van der Waals surface area contributed by atoms with E-state index in [1.165, 1.54) is 24.3 Å². The molecule has 2 N–H and O–H groups in total. The van der Waals surface area contributed by atoms with Gasteiger partial charge in [0.15, 0.2) is 0 Å². The van der Waals surface area contributed by atoms with Crippen molar-refractivity contribution in [3.05, 3.63) is 99.6 Å². The molecule has 29 heavy (non-hydrogen) atoms. The predicted octanol–water partition coefficient (Wildman–Crippen LogP) is 3.21. The number of nitriles is 1. The number of amides is 2. The van der Waals surface area contributed by atoms with Crippen LogP contribution in [0.3, 0.4) is 0 Å². The molecule has 0 spiro atoms. The number of rotatable bonds is 4. The second-order valence-corrected chi connectivity index (χ2v) is 5.92. The molecule has 2 amide bonds. The van der Waals surface area contributed by atoms with Gasteiger partial charge in [0, 0.05) is 28.8 Å². The van der Waals surface area contributed by atoms with Crippen LogP contribution in [0.25, 0.3) is 11.1 Å². The number of hydrogen-bond acceptors (Lipinski definition) is 5. The van der Waals surface area contributed by atoms with Gasteiger partial charge in [-0.25, -0.2) is 0 Å². The third-order valence-electron chi connectivity index (χ3n) is 4.14. The monoisotopic (exact) mass is 386 g/mol. The summed E-state index contributed by atoms with van der Waals surface area (Å²) >= 11 is 0. The number of hydrogen-bond donors (Lipinski definition) is 2. The molecule has 0 radical (unpaired) electrons. The van der Waals surface area contributed by atoms with E-state index in [1.807, 2.05) is 0 Å². The second-order valence-electron chi connectivity index (χ2n) is 5.92. The maximum atomic E-state index is 12.6. The van der Waals surface area contributed by atoms with Crippen LogP contribution in [0.4, 0.5) is 5.69 Å². The minimum atomic E-state index is -0.622. The van der Waals surface area contributed by atoms with E-state index in [1.54, 1.807) is 48.5 Å². The molecular weight excluding hydrogens is 372 g/mol. The summed E-state index contributed by atoms with van der Waals surface area (Å²) in [7, 11) is 0. The smallest absolute Gasteiger partial charge is 0.267 e. The number of nitro groups is 1. The van der Waals surface area contributed by atoms with Crippen molar-refractivity contribution in [3.8, 4) is 17.2 Å². The Bertz CT molecular complexity index is 1130. The van der Waals surface area contributed by atoms with Crippen LogP contribution < -0.4 is 10.9 Å². The highest BCUT2D eigenvalue weighted by molar-refractivity contribution is 6.03. The zero-order valence-corrected chi connectivity index (χ0v) is 15.0. The quantitative estimate of drug-likeness (QED) is 0.526. The van der Waals surface area contributed by atoms with Gasteiger partial charge in [0.2, 0.25) is 0 Å². The van der Waals surface area contributed by atoms with Crippen LogP contribution in [0.1, 0.15) is 26.3 Å². The molecule has 3 rings (SSSR count). The van der Waals surface area contributed by atoms with E-state index in [-0.39, 0.29) is 16.8 Å². The summed E-state index contributed by atoms with van der Waals surface area (Å²) in [6, 6.07) is 20.7. The Morgan fingerprint density at radius 3 is 2.07 bits per heavy atom. The summed E-state index contributed by atoms with van der Waals surface area (Å²) in [5.41, 5.74) is 6.46. The Balaban J connectivity index is 1.77. The van der Waals surface area contributed by atoms with E-state index in [2.05, 4.69) is 16.9 Å². The first-order valence-corrected chi connectivity index (χ1v) is 8.45. The van der Waals surface area contributed by atoms with Crippen molar-refractivity contribution in [1.82, 2.24) is 10.9 Å². The Morgan fingerprint density at radius 2 is 1.41 bits per heavy atom. The van der Waals surface area contributed by atoms with E-state index in [4.69, 9.17) is 0 Å². The van der Waals surface area contributed by atoms with Gasteiger partial charge in [-0.15, -0.1) is 0 Å². The molecule has 0 saturated heterocycles. The SMILES string of the molecule is N#Cc1ccccc1-c1ccccc1C(=O)NNC(=O)c1ccc([N+](=O)[O-])cc1. The van der Waals surface area contributed by atoms with Crippen LogP contribution in [-0.4, -0.2) is 16.7 Å². The molecule has 0 fully saturated rings. The van der Waals surface area contributed by atoms with Crippen molar-refractivity contribution in [2.24, 2.45) is 0 Å². The number of nitro benzene ring substituents is 1. The second kappa shape index (κ2) is 8.45. The van der Waals surface area contributed by atoms with E-state index in [0.29, 0.717) is 16.7 Å². The maximum absolute atomic E-state index is 12.6. The summed E-state index contributed by atoms with van der Waals surface area (Å²) in [6.07, 6.45) is 0. The Kier molecular flexibility index (Phi) is 5.61. The van der Waals surface area contributed by atoms with Gasteiger partial charge in [-0.1, -0.05) is 36.4 Å². The average Bonchev–Trinajstić information content (AvgIpc) is 2.77. The highest BCUT2D eigenvalue weighted by Gasteiger charge is 2.16. The first-order valence-electron chi connectivity index (χ1n) is 8.45. The van der Waals surface area contributed by atoms with Crippen molar-refractivity contribution in [1.29, 1.82) is 5.26 Å². The first-order chi connectivity index (χ1) is 14.0. The minimum Gasteiger partial charge on any atom is -0.267 e.